The summed E-state index contributed by atoms with van der Waals surface area (Å²) in [5, 5.41) is 0. The van der Waals surface area contributed by atoms with Crippen molar-refractivity contribution in [2.75, 3.05) is 0 Å². The lowest BCUT2D eigenvalue weighted by Crippen LogP contribution is -2.39. The Morgan fingerprint density at radius 2 is 1.17 bits per heavy atom. The van der Waals surface area contributed by atoms with E-state index in [4.69, 9.17) is 14.5 Å². The first-order chi connectivity index (χ1) is 5.83. The topological polar surface area (TPSA) is 27.7 Å². The van der Waals surface area contributed by atoms with Crippen LogP contribution in [0.3, 0.4) is 0 Å². The van der Waals surface area contributed by atoms with Crippen LogP contribution in [-0.4, -0.2) is 11.6 Å². The van der Waals surface area contributed by atoms with Crippen LogP contribution in [0.15, 0.2) is 0 Å². The molecule has 3 fully saturated rings. The van der Waals surface area contributed by atoms with Gasteiger partial charge in [-0.15, -0.1) is 0 Å². The zero-order valence-corrected chi connectivity index (χ0v) is 7.17. The number of ether oxygens (including phenoxy) is 1. The van der Waals surface area contributed by atoms with Crippen LogP contribution < -0.4 is 0 Å². The van der Waals surface area contributed by atoms with Crippen LogP contribution in [0.1, 0.15) is 44.9 Å². The van der Waals surface area contributed by atoms with Crippen molar-refractivity contribution < 1.29 is 14.5 Å². The molecule has 0 aromatic carbocycles. The van der Waals surface area contributed by atoms with E-state index >= 15 is 0 Å². The van der Waals surface area contributed by atoms with Gasteiger partial charge in [0.2, 0.25) is 11.6 Å². The van der Waals surface area contributed by atoms with Crippen LogP contribution in [0.2, 0.25) is 0 Å². The van der Waals surface area contributed by atoms with E-state index in [9.17, 15) is 0 Å². The van der Waals surface area contributed by atoms with Crippen molar-refractivity contribution in [3.8, 4) is 0 Å². The van der Waals surface area contributed by atoms with Gasteiger partial charge in [0.15, 0.2) is 0 Å². The molecule has 12 heavy (non-hydrogen) atoms. The average molecular weight is 170 g/mol. The quantitative estimate of drug-likeness (QED) is 0.521. The van der Waals surface area contributed by atoms with Crippen LogP contribution in [-0.2, 0) is 14.5 Å². The molecule has 0 amide bonds. The van der Waals surface area contributed by atoms with E-state index in [1.807, 2.05) is 0 Å². The number of hydrogen-bond donors (Lipinski definition) is 0. The lowest BCUT2D eigenvalue weighted by molar-refractivity contribution is -0.349. The lowest BCUT2D eigenvalue weighted by Gasteiger charge is -2.31. The van der Waals surface area contributed by atoms with E-state index in [0.29, 0.717) is 0 Å². The second kappa shape index (κ2) is 2.22. The van der Waals surface area contributed by atoms with E-state index in [2.05, 4.69) is 0 Å². The van der Waals surface area contributed by atoms with E-state index in [1.165, 1.54) is 19.3 Å². The molecule has 68 valence electrons. The molecular formula is C9H14O3. The van der Waals surface area contributed by atoms with E-state index in [1.54, 1.807) is 0 Å². The smallest absolute Gasteiger partial charge is 0.204 e. The normalized spacial score (nSPS) is 52.0. The molecule has 2 atom stereocenters. The molecule has 3 heterocycles. The summed E-state index contributed by atoms with van der Waals surface area (Å²) in [5.41, 5.74) is 0. The minimum Gasteiger partial charge on any atom is -0.312 e. The number of hydrogen-bond acceptors (Lipinski definition) is 3. The van der Waals surface area contributed by atoms with Gasteiger partial charge in [-0.25, -0.2) is 0 Å². The standard InChI is InChI=1S/C9H14O3/c1-2-5-9-7-3-6-8(4-1,10-9)11-12-9/h1-7H2. The highest BCUT2D eigenvalue weighted by atomic mass is 17.3. The molecule has 2 unspecified atom stereocenters. The predicted octanol–water partition coefficient (Wildman–Crippen LogP) is 2.12. The third-order valence-corrected chi connectivity index (χ3v) is 3.20. The van der Waals surface area contributed by atoms with Gasteiger partial charge in [0.05, 0.1) is 0 Å². The van der Waals surface area contributed by atoms with Crippen LogP contribution in [0.25, 0.3) is 0 Å². The van der Waals surface area contributed by atoms with Crippen molar-refractivity contribution in [1.29, 1.82) is 0 Å². The Kier molecular flexibility index (Phi) is 1.35. The SMILES string of the molecule is C1CCC23CCCC(C1)(OO2)O3. The number of rotatable bonds is 0. The molecule has 0 aromatic rings. The van der Waals surface area contributed by atoms with Crippen LogP contribution >= 0.6 is 0 Å². The summed E-state index contributed by atoms with van der Waals surface area (Å²) >= 11 is 0. The molecule has 0 aliphatic carbocycles. The van der Waals surface area contributed by atoms with Gasteiger partial charge in [-0.3, -0.25) is 0 Å². The third-order valence-electron chi connectivity index (χ3n) is 3.20. The van der Waals surface area contributed by atoms with E-state index in [0.717, 1.165) is 25.7 Å². The second-order valence-electron chi connectivity index (χ2n) is 4.15. The van der Waals surface area contributed by atoms with Crippen molar-refractivity contribution in [2.24, 2.45) is 0 Å². The fraction of sp³-hybridized carbons (Fsp3) is 1.00. The van der Waals surface area contributed by atoms with Gasteiger partial charge < -0.3 is 4.74 Å². The summed E-state index contributed by atoms with van der Waals surface area (Å²) in [6.07, 6.45) is 7.64. The fourth-order valence-corrected chi connectivity index (χ4v) is 2.56. The Morgan fingerprint density at radius 3 is 1.75 bits per heavy atom. The van der Waals surface area contributed by atoms with Gasteiger partial charge in [-0.2, -0.15) is 9.78 Å². The zero-order valence-electron chi connectivity index (χ0n) is 7.17. The Hall–Kier alpha value is -0.120. The van der Waals surface area contributed by atoms with Crippen molar-refractivity contribution in [2.45, 2.75) is 56.5 Å². The Balaban J connectivity index is 1.96. The highest BCUT2D eigenvalue weighted by molar-refractivity contribution is 4.88. The van der Waals surface area contributed by atoms with Crippen LogP contribution in [0.5, 0.6) is 0 Å². The van der Waals surface area contributed by atoms with Gasteiger partial charge >= 0.3 is 0 Å². The third kappa shape index (κ3) is 0.873. The molecule has 3 saturated heterocycles. The molecule has 3 aliphatic rings. The van der Waals surface area contributed by atoms with Gasteiger partial charge in [0, 0.05) is 25.7 Å². The molecule has 0 N–H and O–H groups in total. The van der Waals surface area contributed by atoms with Crippen molar-refractivity contribution in [3.63, 3.8) is 0 Å². The molecule has 0 aromatic heterocycles. The van der Waals surface area contributed by atoms with Crippen LogP contribution in [0.4, 0.5) is 0 Å². The maximum atomic E-state index is 5.89. The minimum absolute atomic E-state index is 0.352. The first-order valence-corrected chi connectivity index (χ1v) is 4.90. The first-order valence-electron chi connectivity index (χ1n) is 4.90. The predicted molar refractivity (Wildman–Crippen MR) is 41.0 cm³/mol. The van der Waals surface area contributed by atoms with Crippen molar-refractivity contribution in [1.82, 2.24) is 0 Å². The lowest BCUT2D eigenvalue weighted by atomic mass is 9.99. The maximum Gasteiger partial charge on any atom is 0.204 e. The minimum atomic E-state index is -0.352. The van der Waals surface area contributed by atoms with E-state index < -0.39 is 0 Å². The monoisotopic (exact) mass is 170 g/mol. The van der Waals surface area contributed by atoms with Gasteiger partial charge in [0.1, 0.15) is 0 Å². The van der Waals surface area contributed by atoms with Crippen molar-refractivity contribution in [3.05, 3.63) is 0 Å². The summed E-state index contributed by atoms with van der Waals surface area (Å²) in [4.78, 5) is 10.7. The maximum absolute atomic E-state index is 5.89. The van der Waals surface area contributed by atoms with Crippen molar-refractivity contribution >= 4 is 0 Å². The molecule has 0 radical (unpaired) electrons. The molecule has 3 heteroatoms. The van der Waals surface area contributed by atoms with Crippen LogP contribution in [0, 0.1) is 0 Å². The zero-order chi connectivity index (χ0) is 8.07. The summed E-state index contributed by atoms with van der Waals surface area (Å²) in [5.74, 6) is -0.705. The highest BCUT2D eigenvalue weighted by Gasteiger charge is 2.56. The Morgan fingerprint density at radius 1 is 0.667 bits per heavy atom. The van der Waals surface area contributed by atoms with Gasteiger partial charge in [-0.05, 0) is 19.3 Å². The van der Waals surface area contributed by atoms with Gasteiger partial charge in [0.25, 0.3) is 0 Å². The molecule has 3 aliphatic heterocycles. The first kappa shape index (κ1) is 7.30. The average Bonchev–Trinajstić information content (AvgIpc) is 2.25. The van der Waals surface area contributed by atoms with E-state index in [-0.39, 0.29) is 11.6 Å². The summed E-state index contributed by atoms with van der Waals surface area (Å²) in [6, 6.07) is 0. The summed E-state index contributed by atoms with van der Waals surface area (Å²) < 4.78 is 5.89. The molecular weight excluding hydrogens is 156 g/mol. The summed E-state index contributed by atoms with van der Waals surface area (Å²) in [6.45, 7) is 0. The largest absolute Gasteiger partial charge is 0.312 e. The molecule has 0 saturated carbocycles. The molecule has 3 rings (SSSR count). The molecule has 0 spiro atoms. The molecule has 2 bridgehead atoms. The molecule has 3 nitrogen and oxygen atoms in total. The second-order valence-corrected chi connectivity index (χ2v) is 4.15. The summed E-state index contributed by atoms with van der Waals surface area (Å²) in [7, 11) is 0. The Labute approximate surface area is 71.9 Å². The highest BCUT2D eigenvalue weighted by Crippen LogP contribution is 2.51. The van der Waals surface area contributed by atoms with Gasteiger partial charge in [-0.1, -0.05) is 0 Å². The fourth-order valence-electron chi connectivity index (χ4n) is 2.56. The Bertz CT molecular complexity index is 178.